The highest BCUT2D eigenvalue weighted by Gasteiger charge is 2.03. The molecule has 0 amide bonds. The maximum Gasteiger partial charge on any atom is 0.292 e. The predicted molar refractivity (Wildman–Crippen MR) is 57.7 cm³/mol. The van der Waals surface area contributed by atoms with Gasteiger partial charge >= 0.3 is 0 Å². The average Bonchev–Trinajstić information content (AvgIpc) is 2.82. The summed E-state index contributed by atoms with van der Waals surface area (Å²) in [6, 6.07) is 9.92. The number of anilines is 1. The molecule has 0 unspecified atom stereocenters. The van der Waals surface area contributed by atoms with Gasteiger partial charge in [0, 0.05) is 18.1 Å². The van der Waals surface area contributed by atoms with Crippen LogP contribution in [-0.2, 0) is 0 Å². The zero-order chi connectivity index (χ0) is 10.3. The second kappa shape index (κ2) is 2.88. The van der Waals surface area contributed by atoms with Gasteiger partial charge in [-0.2, -0.15) is 4.98 Å². The number of oxazole rings is 1. The van der Waals surface area contributed by atoms with Crippen molar-refractivity contribution in [3.05, 3.63) is 42.7 Å². The molecule has 74 valence electrons. The van der Waals surface area contributed by atoms with Crippen molar-refractivity contribution >= 4 is 17.1 Å². The van der Waals surface area contributed by atoms with Gasteiger partial charge in [-0.1, -0.05) is 0 Å². The normalized spacial score (nSPS) is 10.9. The molecule has 4 nitrogen and oxygen atoms in total. The Kier molecular flexibility index (Phi) is 1.56. The van der Waals surface area contributed by atoms with E-state index >= 15 is 0 Å². The summed E-state index contributed by atoms with van der Waals surface area (Å²) in [6.07, 6.45) is 3.95. The minimum Gasteiger partial charge on any atom is -0.424 e. The van der Waals surface area contributed by atoms with Crippen LogP contribution in [0.3, 0.4) is 0 Å². The Morgan fingerprint density at radius 2 is 2.00 bits per heavy atom. The summed E-state index contributed by atoms with van der Waals surface area (Å²) in [6.45, 7) is 0. The second-order valence-electron chi connectivity index (χ2n) is 3.29. The number of nitrogens with zero attached hydrogens (tertiary/aromatic N) is 2. The van der Waals surface area contributed by atoms with Crippen LogP contribution in [0.1, 0.15) is 0 Å². The van der Waals surface area contributed by atoms with Gasteiger partial charge in [-0.15, -0.1) is 0 Å². The fourth-order valence-corrected chi connectivity index (χ4v) is 1.60. The van der Waals surface area contributed by atoms with Crippen LogP contribution in [0.5, 0.6) is 0 Å². The van der Waals surface area contributed by atoms with Crippen LogP contribution in [0.2, 0.25) is 0 Å². The standard InChI is InChI=1S/C11H9N3O/c12-11-13-9-7-8(3-4-10(9)15-11)14-5-1-2-6-14/h1-7H,(H2,12,13). The molecule has 2 aromatic heterocycles. The van der Waals surface area contributed by atoms with Crippen molar-refractivity contribution in [3.63, 3.8) is 0 Å². The number of nitrogen functional groups attached to an aromatic ring is 1. The van der Waals surface area contributed by atoms with Crippen molar-refractivity contribution in [1.29, 1.82) is 0 Å². The molecule has 3 rings (SSSR count). The molecule has 15 heavy (non-hydrogen) atoms. The molecule has 3 aromatic rings. The van der Waals surface area contributed by atoms with Crippen LogP contribution in [0, 0.1) is 0 Å². The van der Waals surface area contributed by atoms with Gasteiger partial charge in [0.2, 0.25) is 0 Å². The monoisotopic (exact) mass is 199 g/mol. The first kappa shape index (κ1) is 8.11. The third-order valence-corrected chi connectivity index (χ3v) is 2.29. The van der Waals surface area contributed by atoms with E-state index in [9.17, 15) is 0 Å². The van der Waals surface area contributed by atoms with Gasteiger partial charge in [0.15, 0.2) is 5.58 Å². The van der Waals surface area contributed by atoms with E-state index in [4.69, 9.17) is 10.2 Å². The van der Waals surface area contributed by atoms with Crippen LogP contribution in [0.25, 0.3) is 16.8 Å². The first-order valence-corrected chi connectivity index (χ1v) is 4.62. The fourth-order valence-electron chi connectivity index (χ4n) is 1.60. The lowest BCUT2D eigenvalue weighted by atomic mass is 10.3. The molecule has 0 aliphatic rings. The molecule has 1 aromatic carbocycles. The van der Waals surface area contributed by atoms with Crippen molar-refractivity contribution in [1.82, 2.24) is 9.55 Å². The Hall–Kier alpha value is -2.23. The zero-order valence-corrected chi connectivity index (χ0v) is 7.92. The lowest BCUT2D eigenvalue weighted by molar-refractivity contribution is 0.626. The summed E-state index contributed by atoms with van der Waals surface area (Å²) < 4.78 is 7.20. The van der Waals surface area contributed by atoms with Gasteiger partial charge in [0.1, 0.15) is 5.52 Å². The number of benzene rings is 1. The summed E-state index contributed by atoms with van der Waals surface area (Å²) >= 11 is 0. The molecular formula is C11H9N3O. The highest BCUT2D eigenvalue weighted by molar-refractivity contribution is 5.76. The number of hydrogen-bond acceptors (Lipinski definition) is 3. The fraction of sp³-hybridized carbons (Fsp3) is 0. The van der Waals surface area contributed by atoms with Crippen LogP contribution < -0.4 is 5.73 Å². The van der Waals surface area contributed by atoms with E-state index in [0.29, 0.717) is 5.58 Å². The third kappa shape index (κ3) is 1.27. The molecule has 0 saturated carbocycles. The number of fused-ring (bicyclic) bond motifs is 1. The lowest BCUT2D eigenvalue weighted by Gasteiger charge is -2.00. The van der Waals surface area contributed by atoms with Gasteiger partial charge in [0.05, 0.1) is 0 Å². The molecule has 2 N–H and O–H groups in total. The largest absolute Gasteiger partial charge is 0.424 e. The van der Waals surface area contributed by atoms with Crippen molar-refractivity contribution in [2.75, 3.05) is 5.73 Å². The molecule has 0 spiro atoms. The van der Waals surface area contributed by atoms with E-state index < -0.39 is 0 Å². The molecule has 0 aliphatic heterocycles. The van der Waals surface area contributed by atoms with E-state index in [1.807, 2.05) is 47.3 Å². The third-order valence-electron chi connectivity index (χ3n) is 2.29. The van der Waals surface area contributed by atoms with Crippen molar-refractivity contribution in [2.45, 2.75) is 0 Å². The Balaban J connectivity index is 2.21. The van der Waals surface area contributed by atoms with E-state index in [1.165, 1.54) is 0 Å². The van der Waals surface area contributed by atoms with Crippen LogP contribution in [0.4, 0.5) is 6.01 Å². The quantitative estimate of drug-likeness (QED) is 0.653. The highest BCUT2D eigenvalue weighted by atomic mass is 16.4. The Labute approximate surface area is 85.9 Å². The molecular weight excluding hydrogens is 190 g/mol. The predicted octanol–water partition coefficient (Wildman–Crippen LogP) is 2.20. The van der Waals surface area contributed by atoms with E-state index in [0.717, 1.165) is 11.2 Å². The number of rotatable bonds is 1. The Morgan fingerprint density at radius 1 is 1.20 bits per heavy atom. The second-order valence-corrected chi connectivity index (χ2v) is 3.29. The molecule has 4 heteroatoms. The van der Waals surface area contributed by atoms with Crippen molar-refractivity contribution in [2.24, 2.45) is 0 Å². The molecule has 0 atom stereocenters. The summed E-state index contributed by atoms with van der Waals surface area (Å²) in [5.41, 5.74) is 8.01. The molecule has 0 radical (unpaired) electrons. The van der Waals surface area contributed by atoms with Crippen LogP contribution >= 0.6 is 0 Å². The van der Waals surface area contributed by atoms with Crippen LogP contribution in [-0.4, -0.2) is 9.55 Å². The van der Waals surface area contributed by atoms with Gasteiger partial charge in [-0.05, 0) is 30.3 Å². The van der Waals surface area contributed by atoms with Gasteiger partial charge < -0.3 is 14.7 Å². The molecule has 0 fully saturated rings. The van der Waals surface area contributed by atoms with Crippen LogP contribution in [0.15, 0.2) is 47.1 Å². The maximum absolute atomic E-state index is 5.47. The summed E-state index contributed by atoms with van der Waals surface area (Å²) in [7, 11) is 0. The number of nitrogens with two attached hydrogens (primary N) is 1. The van der Waals surface area contributed by atoms with Crippen molar-refractivity contribution in [3.8, 4) is 5.69 Å². The van der Waals surface area contributed by atoms with E-state index in [1.54, 1.807) is 0 Å². The number of hydrogen-bond donors (Lipinski definition) is 1. The van der Waals surface area contributed by atoms with Gasteiger partial charge in [-0.3, -0.25) is 0 Å². The smallest absolute Gasteiger partial charge is 0.292 e. The minimum absolute atomic E-state index is 0.203. The molecule has 2 heterocycles. The summed E-state index contributed by atoms with van der Waals surface area (Å²) in [5.74, 6) is 0. The first-order chi connectivity index (χ1) is 7.33. The van der Waals surface area contributed by atoms with Crippen molar-refractivity contribution < 1.29 is 4.42 Å². The Morgan fingerprint density at radius 3 is 2.80 bits per heavy atom. The average molecular weight is 199 g/mol. The number of aromatic nitrogens is 2. The summed E-state index contributed by atoms with van der Waals surface area (Å²) in [4.78, 5) is 4.08. The first-order valence-electron chi connectivity index (χ1n) is 4.62. The van der Waals surface area contributed by atoms with E-state index in [-0.39, 0.29) is 6.01 Å². The molecule has 0 aliphatic carbocycles. The van der Waals surface area contributed by atoms with E-state index in [2.05, 4.69) is 4.98 Å². The Bertz CT molecular complexity index is 595. The molecule has 0 bridgehead atoms. The SMILES string of the molecule is Nc1nc2cc(-n3cccc3)ccc2o1. The van der Waals surface area contributed by atoms with Gasteiger partial charge in [-0.25, -0.2) is 0 Å². The minimum atomic E-state index is 0.203. The topological polar surface area (TPSA) is 57.0 Å². The lowest BCUT2D eigenvalue weighted by Crippen LogP contribution is -1.88. The maximum atomic E-state index is 5.47. The zero-order valence-electron chi connectivity index (χ0n) is 7.92. The molecule has 0 saturated heterocycles. The summed E-state index contributed by atoms with van der Waals surface area (Å²) in [5, 5.41) is 0. The van der Waals surface area contributed by atoms with Gasteiger partial charge in [0.25, 0.3) is 6.01 Å². The highest BCUT2D eigenvalue weighted by Crippen LogP contribution is 2.20.